The van der Waals surface area contributed by atoms with E-state index in [0.29, 0.717) is 0 Å². The first-order chi connectivity index (χ1) is 8.92. The fraction of sp³-hybridized carbons (Fsp3) is 0.333. The van der Waals surface area contributed by atoms with Crippen LogP contribution < -0.4 is 0 Å². The van der Waals surface area contributed by atoms with Crippen LogP contribution in [-0.4, -0.2) is 0 Å². The molecule has 0 saturated heterocycles. The molecule has 1 aliphatic rings. The zero-order valence-corrected chi connectivity index (χ0v) is 10.9. The molecule has 0 nitrogen and oxygen atoms in total. The van der Waals surface area contributed by atoms with E-state index in [1.54, 1.807) is 11.1 Å². The molecule has 0 heteroatoms. The molecule has 92 valence electrons. The van der Waals surface area contributed by atoms with Crippen molar-refractivity contribution in [2.75, 3.05) is 0 Å². The molecule has 0 unspecified atom stereocenters. The number of benzene rings is 2. The van der Waals surface area contributed by atoms with Crippen molar-refractivity contribution >= 4 is 0 Å². The standard InChI is InChI=1S/C18H20/c1-2-6-15(7-3-1)8-4-5-9-16-10-11-17-12-13-18(17)14-16/h1-3,6-7,10-11,14H,4-5,8-9,12-13H2. The van der Waals surface area contributed by atoms with Crippen LogP contribution in [0.5, 0.6) is 0 Å². The Morgan fingerprint density at radius 3 is 2.06 bits per heavy atom. The molecule has 0 radical (unpaired) electrons. The summed E-state index contributed by atoms with van der Waals surface area (Å²) in [4.78, 5) is 0. The van der Waals surface area contributed by atoms with Gasteiger partial charge in [0.25, 0.3) is 0 Å². The van der Waals surface area contributed by atoms with Crippen molar-refractivity contribution < 1.29 is 0 Å². The lowest BCUT2D eigenvalue weighted by Gasteiger charge is -2.19. The van der Waals surface area contributed by atoms with Crippen LogP contribution in [0, 0.1) is 0 Å². The zero-order valence-electron chi connectivity index (χ0n) is 10.9. The number of hydrogen-bond acceptors (Lipinski definition) is 0. The molecular formula is C18H20. The van der Waals surface area contributed by atoms with Crippen LogP contribution in [0.1, 0.15) is 35.1 Å². The van der Waals surface area contributed by atoms with Crippen molar-refractivity contribution in [3.8, 4) is 0 Å². The zero-order chi connectivity index (χ0) is 12.2. The number of aryl methyl sites for hydroxylation is 4. The molecule has 0 N–H and O–H groups in total. The van der Waals surface area contributed by atoms with Gasteiger partial charge in [-0.1, -0.05) is 48.5 Å². The molecule has 2 aromatic carbocycles. The first-order valence-corrected chi connectivity index (χ1v) is 7.06. The van der Waals surface area contributed by atoms with Crippen LogP contribution in [0.15, 0.2) is 48.5 Å². The average molecular weight is 236 g/mol. The van der Waals surface area contributed by atoms with Crippen LogP contribution in [0.4, 0.5) is 0 Å². The Bertz CT molecular complexity index is 511. The summed E-state index contributed by atoms with van der Waals surface area (Å²) in [5.74, 6) is 0. The topological polar surface area (TPSA) is 0 Å². The third-order valence-electron chi connectivity index (χ3n) is 3.96. The van der Waals surface area contributed by atoms with Gasteiger partial charge in [-0.2, -0.15) is 0 Å². The van der Waals surface area contributed by atoms with E-state index in [2.05, 4.69) is 48.5 Å². The predicted octanol–water partition coefficient (Wildman–Crippen LogP) is 4.35. The van der Waals surface area contributed by atoms with Gasteiger partial charge in [0.05, 0.1) is 0 Å². The second-order valence-electron chi connectivity index (χ2n) is 5.30. The molecule has 3 rings (SSSR count). The van der Waals surface area contributed by atoms with Gasteiger partial charge in [0, 0.05) is 0 Å². The SMILES string of the molecule is c1ccc(CCCCc2ccc3c(c2)CC3)cc1. The molecule has 0 fully saturated rings. The summed E-state index contributed by atoms with van der Waals surface area (Å²) in [6, 6.07) is 17.9. The summed E-state index contributed by atoms with van der Waals surface area (Å²) < 4.78 is 0. The van der Waals surface area contributed by atoms with E-state index in [0.717, 1.165) is 0 Å². The highest BCUT2D eigenvalue weighted by Gasteiger charge is 2.12. The Labute approximate surface area is 110 Å². The minimum absolute atomic E-state index is 1.21. The molecule has 0 heterocycles. The Morgan fingerprint density at radius 2 is 1.39 bits per heavy atom. The van der Waals surface area contributed by atoms with Gasteiger partial charge in [0.15, 0.2) is 0 Å². The van der Waals surface area contributed by atoms with Crippen molar-refractivity contribution in [1.29, 1.82) is 0 Å². The van der Waals surface area contributed by atoms with E-state index >= 15 is 0 Å². The lowest BCUT2D eigenvalue weighted by atomic mass is 9.86. The number of unbranched alkanes of at least 4 members (excludes halogenated alkanes) is 1. The lowest BCUT2D eigenvalue weighted by molar-refractivity contribution is 0.730. The average Bonchev–Trinajstić information content (AvgIpc) is 2.39. The van der Waals surface area contributed by atoms with E-state index in [9.17, 15) is 0 Å². The van der Waals surface area contributed by atoms with Crippen molar-refractivity contribution in [3.63, 3.8) is 0 Å². The van der Waals surface area contributed by atoms with Gasteiger partial charge in [-0.25, -0.2) is 0 Å². The van der Waals surface area contributed by atoms with Crippen LogP contribution in [0.25, 0.3) is 0 Å². The van der Waals surface area contributed by atoms with Crippen LogP contribution in [0.2, 0.25) is 0 Å². The fourth-order valence-corrected chi connectivity index (χ4v) is 2.71. The fourth-order valence-electron chi connectivity index (χ4n) is 2.71. The molecule has 0 saturated carbocycles. The van der Waals surface area contributed by atoms with Crippen molar-refractivity contribution in [3.05, 3.63) is 70.8 Å². The Hall–Kier alpha value is -1.56. The molecular weight excluding hydrogens is 216 g/mol. The molecule has 0 atom stereocenters. The first kappa shape index (κ1) is 11.5. The van der Waals surface area contributed by atoms with Gasteiger partial charge < -0.3 is 0 Å². The van der Waals surface area contributed by atoms with Crippen LogP contribution in [-0.2, 0) is 25.7 Å². The molecule has 0 spiro atoms. The molecule has 2 aromatic rings. The maximum atomic E-state index is 2.42. The van der Waals surface area contributed by atoms with E-state index in [-0.39, 0.29) is 0 Å². The molecule has 0 amide bonds. The molecule has 0 bridgehead atoms. The van der Waals surface area contributed by atoms with Gasteiger partial charge in [0.1, 0.15) is 0 Å². The Balaban J connectivity index is 1.46. The minimum Gasteiger partial charge on any atom is -0.0622 e. The molecule has 1 aliphatic carbocycles. The maximum Gasteiger partial charge on any atom is -0.0235 e. The smallest absolute Gasteiger partial charge is 0.0235 e. The van der Waals surface area contributed by atoms with Crippen molar-refractivity contribution in [1.82, 2.24) is 0 Å². The summed E-state index contributed by atoms with van der Waals surface area (Å²) in [5, 5.41) is 0. The van der Waals surface area contributed by atoms with E-state index < -0.39 is 0 Å². The quantitative estimate of drug-likeness (QED) is 0.677. The van der Waals surface area contributed by atoms with Crippen molar-refractivity contribution in [2.24, 2.45) is 0 Å². The normalized spacial score (nSPS) is 12.9. The third kappa shape index (κ3) is 2.64. The number of fused-ring (bicyclic) bond motifs is 1. The largest absolute Gasteiger partial charge is 0.0622 e. The first-order valence-electron chi connectivity index (χ1n) is 7.06. The minimum atomic E-state index is 1.21. The summed E-state index contributed by atoms with van der Waals surface area (Å²) in [6.45, 7) is 0. The lowest BCUT2D eigenvalue weighted by Crippen LogP contribution is -2.08. The highest BCUT2D eigenvalue weighted by molar-refractivity contribution is 5.38. The summed E-state index contributed by atoms with van der Waals surface area (Å²) >= 11 is 0. The van der Waals surface area contributed by atoms with E-state index in [1.165, 1.54) is 49.7 Å². The summed E-state index contributed by atoms with van der Waals surface area (Å²) in [7, 11) is 0. The summed E-state index contributed by atoms with van der Waals surface area (Å²) in [6.07, 6.45) is 7.64. The second kappa shape index (κ2) is 5.39. The molecule has 0 aromatic heterocycles. The van der Waals surface area contributed by atoms with Crippen LogP contribution >= 0.6 is 0 Å². The number of rotatable bonds is 5. The highest BCUT2D eigenvalue weighted by Crippen LogP contribution is 2.24. The van der Waals surface area contributed by atoms with E-state index in [1.807, 2.05) is 0 Å². The molecule has 18 heavy (non-hydrogen) atoms. The second-order valence-corrected chi connectivity index (χ2v) is 5.30. The third-order valence-corrected chi connectivity index (χ3v) is 3.96. The van der Waals surface area contributed by atoms with Gasteiger partial charge in [-0.3, -0.25) is 0 Å². The van der Waals surface area contributed by atoms with Gasteiger partial charge in [-0.15, -0.1) is 0 Å². The molecule has 0 aliphatic heterocycles. The van der Waals surface area contributed by atoms with Gasteiger partial charge in [-0.05, 0) is 60.8 Å². The highest BCUT2D eigenvalue weighted by atomic mass is 14.2. The Kier molecular flexibility index (Phi) is 3.45. The van der Waals surface area contributed by atoms with E-state index in [4.69, 9.17) is 0 Å². The Morgan fingerprint density at radius 1 is 0.667 bits per heavy atom. The van der Waals surface area contributed by atoms with Gasteiger partial charge in [0.2, 0.25) is 0 Å². The number of hydrogen-bond donors (Lipinski definition) is 0. The maximum absolute atomic E-state index is 2.42. The predicted molar refractivity (Wildman–Crippen MR) is 76.9 cm³/mol. The van der Waals surface area contributed by atoms with Gasteiger partial charge >= 0.3 is 0 Å². The van der Waals surface area contributed by atoms with Crippen molar-refractivity contribution in [2.45, 2.75) is 38.5 Å². The van der Waals surface area contributed by atoms with Crippen LogP contribution in [0.3, 0.4) is 0 Å². The summed E-state index contributed by atoms with van der Waals surface area (Å²) in [5.41, 5.74) is 6.16. The monoisotopic (exact) mass is 236 g/mol.